The van der Waals surface area contributed by atoms with E-state index in [9.17, 15) is 4.79 Å². The Balaban J connectivity index is 2.38. The van der Waals surface area contributed by atoms with E-state index >= 15 is 0 Å². The molecule has 1 aromatic rings. The highest BCUT2D eigenvalue weighted by Gasteiger charge is 2.16. The first-order valence-electron chi connectivity index (χ1n) is 7.53. The summed E-state index contributed by atoms with van der Waals surface area (Å²) in [7, 11) is 1.68. The Morgan fingerprint density at radius 3 is 2.41 bits per heavy atom. The largest absolute Gasteiger partial charge is 0.459 e. The van der Waals surface area contributed by atoms with Crippen molar-refractivity contribution >= 4 is 11.9 Å². The number of guanidine groups is 1. The molecule has 0 spiro atoms. The van der Waals surface area contributed by atoms with Crippen LogP contribution in [-0.4, -0.2) is 37.7 Å². The first-order valence-corrected chi connectivity index (χ1v) is 7.53. The highest BCUT2D eigenvalue weighted by molar-refractivity contribution is 5.84. The van der Waals surface area contributed by atoms with Crippen LogP contribution in [0.15, 0.2) is 35.3 Å². The number of ether oxygens (including phenoxy) is 1. The number of rotatable bonds is 5. The lowest BCUT2D eigenvalue weighted by atomic mass is 10.0. The zero-order chi connectivity index (χ0) is 16.6. The lowest BCUT2D eigenvalue weighted by molar-refractivity contribution is -0.153. The summed E-state index contributed by atoms with van der Waals surface area (Å²) in [6, 6.07) is 10.3. The van der Waals surface area contributed by atoms with Crippen LogP contribution < -0.4 is 10.6 Å². The van der Waals surface area contributed by atoms with Crippen LogP contribution >= 0.6 is 0 Å². The summed E-state index contributed by atoms with van der Waals surface area (Å²) >= 11 is 0. The third kappa shape index (κ3) is 7.11. The summed E-state index contributed by atoms with van der Waals surface area (Å²) in [6.45, 7) is 8.51. The molecule has 2 N–H and O–H groups in total. The molecule has 22 heavy (non-hydrogen) atoms. The van der Waals surface area contributed by atoms with E-state index in [1.807, 2.05) is 39.0 Å². The quantitative estimate of drug-likeness (QED) is 0.498. The van der Waals surface area contributed by atoms with Crippen molar-refractivity contribution < 1.29 is 9.53 Å². The van der Waals surface area contributed by atoms with Gasteiger partial charge in [0.15, 0.2) is 5.96 Å². The van der Waals surface area contributed by atoms with Crippen LogP contribution in [0.25, 0.3) is 0 Å². The van der Waals surface area contributed by atoms with Crippen LogP contribution in [0.3, 0.4) is 0 Å². The molecule has 1 atom stereocenters. The first kappa shape index (κ1) is 18.0. The van der Waals surface area contributed by atoms with Crippen LogP contribution in [0.2, 0.25) is 0 Å². The van der Waals surface area contributed by atoms with Crippen LogP contribution in [0.4, 0.5) is 0 Å². The van der Waals surface area contributed by atoms with Gasteiger partial charge in [-0.25, -0.2) is 0 Å². The molecule has 5 nitrogen and oxygen atoms in total. The molecule has 0 aliphatic heterocycles. The summed E-state index contributed by atoms with van der Waals surface area (Å²) in [5.74, 6) is 0.640. The molecular formula is C17H27N3O2. The smallest absolute Gasteiger partial charge is 0.325 e. The molecule has 0 fully saturated rings. The molecule has 5 heteroatoms. The first-order chi connectivity index (χ1) is 10.3. The van der Waals surface area contributed by atoms with E-state index in [4.69, 9.17) is 4.74 Å². The van der Waals surface area contributed by atoms with E-state index in [-0.39, 0.29) is 12.5 Å². The molecule has 0 heterocycles. The van der Waals surface area contributed by atoms with Gasteiger partial charge < -0.3 is 15.4 Å². The maximum absolute atomic E-state index is 11.7. The Labute approximate surface area is 133 Å². The van der Waals surface area contributed by atoms with Gasteiger partial charge in [0.2, 0.25) is 0 Å². The monoisotopic (exact) mass is 305 g/mol. The number of hydrogen-bond acceptors (Lipinski definition) is 3. The van der Waals surface area contributed by atoms with E-state index in [0.717, 1.165) is 6.54 Å². The zero-order valence-electron chi connectivity index (χ0n) is 14.1. The van der Waals surface area contributed by atoms with Crippen molar-refractivity contribution in [3.63, 3.8) is 0 Å². The third-order valence-corrected chi connectivity index (χ3v) is 2.99. The maximum atomic E-state index is 11.7. The molecule has 0 bridgehead atoms. The topological polar surface area (TPSA) is 62.7 Å². The summed E-state index contributed by atoms with van der Waals surface area (Å²) in [6.07, 6.45) is 0. The fourth-order valence-corrected chi connectivity index (χ4v) is 1.90. The number of carbonyl (C=O) groups excluding carboxylic acids is 1. The molecule has 1 unspecified atom stereocenters. The molecule has 1 aromatic carbocycles. The fourth-order valence-electron chi connectivity index (χ4n) is 1.90. The average Bonchev–Trinajstić information content (AvgIpc) is 2.46. The SMILES string of the molecule is CN=C(NCC(=O)OC(C)(C)C)NCC(C)c1ccccc1. The number of hydrogen-bond donors (Lipinski definition) is 2. The Morgan fingerprint density at radius 2 is 1.86 bits per heavy atom. The highest BCUT2D eigenvalue weighted by atomic mass is 16.6. The minimum Gasteiger partial charge on any atom is -0.459 e. The number of benzene rings is 1. The number of nitrogens with one attached hydrogen (secondary N) is 2. The number of aliphatic imine (C=N–C) groups is 1. The second-order valence-electron chi connectivity index (χ2n) is 6.20. The third-order valence-electron chi connectivity index (χ3n) is 2.99. The van der Waals surface area contributed by atoms with Crippen LogP contribution in [0, 0.1) is 0 Å². The molecule has 0 saturated heterocycles. The zero-order valence-corrected chi connectivity index (χ0v) is 14.1. The number of nitrogens with zero attached hydrogens (tertiary/aromatic N) is 1. The van der Waals surface area contributed by atoms with Gasteiger partial charge in [-0.05, 0) is 32.3 Å². The summed E-state index contributed by atoms with van der Waals surface area (Å²) in [5, 5.41) is 6.18. The van der Waals surface area contributed by atoms with Gasteiger partial charge in [-0.3, -0.25) is 9.79 Å². The summed E-state index contributed by atoms with van der Waals surface area (Å²) < 4.78 is 5.24. The normalized spacial score (nSPS) is 13.4. The van der Waals surface area contributed by atoms with Crippen LogP contribution in [0.1, 0.15) is 39.2 Å². The van der Waals surface area contributed by atoms with E-state index in [1.165, 1.54) is 5.56 Å². The summed E-state index contributed by atoms with van der Waals surface area (Å²) in [5.41, 5.74) is 0.787. The molecule has 1 rings (SSSR count). The molecule has 0 aliphatic rings. The summed E-state index contributed by atoms with van der Waals surface area (Å²) in [4.78, 5) is 15.8. The fraction of sp³-hybridized carbons (Fsp3) is 0.529. The van der Waals surface area contributed by atoms with Gasteiger partial charge in [0.05, 0.1) is 0 Å². The van der Waals surface area contributed by atoms with Gasteiger partial charge in [0.1, 0.15) is 12.1 Å². The Kier molecular flexibility index (Phi) is 6.89. The van der Waals surface area contributed by atoms with Gasteiger partial charge >= 0.3 is 5.97 Å². The van der Waals surface area contributed by atoms with Crippen molar-refractivity contribution in [1.29, 1.82) is 0 Å². The molecule has 0 aromatic heterocycles. The Morgan fingerprint density at radius 1 is 1.23 bits per heavy atom. The van der Waals surface area contributed by atoms with Crippen LogP contribution in [-0.2, 0) is 9.53 Å². The van der Waals surface area contributed by atoms with E-state index in [1.54, 1.807) is 7.05 Å². The Hall–Kier alpha value is -2.04. The predicted molar refractivity (Wildman–Crippen MR) is 90.1 cm³/mol. The molecule has 122 valence electrons. The molecule has 0 saturated carbocycles. The van der Waals surface area contributed by atoms with Crippen molar-refractivity contribution in [3.05, 3.63) is 35.9 Å². The molecular weight excluding hydrogens is 278 g/mol. The second-order valence-corrected chi connectivity index (χ2v) is 6.20. The van der Waals surface area contributed by atoms with Crippen molar-refractivity contribution in [2.75, 3.05) is 20.1 Å². The van der Waals surface area contributed by atoms with Crippen molar-refractivity contribution in [2.45, 2.75) is 39.2 Å². The lowest BCUT2D eigenvalue weighted by Gasteiger charge is -2.20. The van der Waals surface area contributed by atoms with Gasteiger partial charge in [0.25, 0.3) is 0 Å². The minimum atomic E-state index is -0.475. The van der Waals surface area contributed by atoms with E-state index in [0.29, 0.717) is 11.9 Å². The van der Waals surface area contributed by atoms with Crippen molar-refractivity contribution in [1.82, 2.24) is 10.6 Å². The lowest BCUT2D eigenvalue weighted by Crippen LogP contribution is -2.42. The van der Waals surface area contributed by atoms with Gasteiger partial charge in [-0.15, -0.1) is 0 Å². The highest BCUT2D eigenvalue weighted by Crippen LogP contribution is 2.12. The maximum Gasteiger partial charge on any atom is 0.325 e. The minimum absolute atomic E-state index is 0.0939. The number of carbonyl (C=O) groups is 1. The van der Waals surface area contributed by atoms with E-state index in [2.05, 4.69) is 34.7 Å². The van der Waals surface area contributed by atoms with Gasteiger partial charge in [-0.2, -0.15) is 0 Å². The average molecular weight is 305 g/mol. The van der Waals surface area contributed by atoms with Crippen molar-refractivity contribution in [3.8, 4) is 0 Å². The van der Waals surface area contributed by atoms with Crippen molar-refractivity contribution in [2.24, 2.45) is 4.99 Å². The molecule has 0 amide bonds. The van der Waals surface area contributed by atoms with Crippen LogP contribution in [0.5, 0.6) is 0 Å². The second kappa shape index (κ2) is 8.41. The van der Waals surface area contributed by atoms with E-state index < -0.39 is 5.60 Å². The predicted octanol–water partition coefficient (Wildman–Crippen LogP) is 2.30. The molecule has 0 radical (unpaired) electrons. The van der Waals surface area contributed by atoms with Gasteiger partial charge in [0, 0.05) is 13.6 Å². The Bertz CT molecular complexity index is 492. The van der Waals surface area contributed by atoms with Gasteiger partial charge in [-0.1, -0.05) is 37.3 Å². The molecule has 0 aliphatic carbocycles. The number of esters is 1. The standard InChI is InChI=1S/C17H27N3O2/c1-13(14-9-7-6-8-10-14)11-19-16(18-5)20-12-15(21)22-17(2,3)4/h6-10,13H,11-12H2,1-5H3,(H2,18,19,20).